The van der Waals surface area contributed by atoms with E-state index in [0.29, 0.717) is 86.4 Å². The number of carbonyl (C=O) groups excluding carboxylic acids is 2. The second-order valence-corrected chi connectivity index (χ2v) is 27.1. The van der Waals surface area contributed by atoms with Gasteiger partial charge < -0.3 is 63.8 Å². The number of ether oxygens (including phenoxy) is 7. The number of benzene rings is 7. The number of aromatic hydroxyl groups is 4. The monoisotopic (exact) mass is 1640 g/mol. The van der Waals surface area contributed by atoms with Gasteiger partial charge >= 0.3 is 11.9 Å². The van der Waals surface area contributed by atoms with Crippen LogP contribution in [0.5, 0.6) is 63.2 Å². The van der Waals surface area contributed by atoms with Gasteiger partial charge in [-0.15, -0.1) is 0 Å². The molecule has 0 unspecified atom stereocenters. The highest BCUT2D eigenvalue weighted by Gasteiger charge is 2.24. The van der Waals surface area contributed by atoms with Gasteiger partial charge in [0, 0.05) is 60.2 Å². The summed E-state index contributed by atoms with van der Waals surface area (Å²) < 4.78 is 42.5. The Morgan fingerprint density at radius 3 is 1.41 bits per heavy atom. The summed E-state index contributed by atoms with van der Waals surface area (Å²) >= 11 is 19.9. The van der Waals surface area contributed by atoms with Crippen molar-refractivity contribution in [2.24, 2.45) is 0 Å². The smallest absolute Gasteiger partial charge is 0.336 e. The Morgan fingerprint density at radius 1 is 0.402 bits per heavy atom. The van der Waals surface area contributed by atoms with E-state index >= 15 is 0 Å². The molecule has 7 aromatic carbocycles. The van der Waals surface area contributed by atoms with Crippen LogP contribution in [0.3, 0.4) is 0 Å². The van der Waals surface area contributed by atoms with Crippen molar-refractivity contribution >= 4 is 120 Å². The van der Waals surface area contributed by atoms with Crippen LogP contribution in [0.4, 0.5) is 0 Å². The summed E-state index contributed by atoms with van der Waals surface area (Å²) in [6.07, 6.45) is 16.7. The average molecular weight is 1650 g/mol. The Morgan fingerprint density at radius 2 is 0.815 bits per heavy atom. The molecule has 0 amide bonds. The lowest BCUT2D eigenvalue weighted by Crippen LogP contribution is -2.13. The van der Waals surface area contributed by atoms with E-state index in [9.17, 15) is 39.6 Å². The number of aryl methyl sites for hydroxylation is 2. The third-order valence-corrected chi connectivity index (χ3v) is 18.7. The summed E-state index contributed by atoms with van der Waals surface area (Å²) in [5.74, 6) is 4.30. The maximum Gasteiger partial charge on any atom is 0.336 e. The van der Waals surface area contributed by atoms with Gasteiger partial charge in [-0.05, 0) is 230 Å². The minimum atomic E-state index is -0.895. The van der Waals surface area contributed by atoms with E-state index in [2.05, 4.69) is 102 Å². The van der Waals surface area contributed by atoms with Crippen LogP contribution in [-0.2, 0) is 51.4 Å². The molecule has 0 radical (unpaired) electrons. The molecule has 14 rings (SSSR count). The van der Waals surface area contributed by atoms with E-state index in [1.807, 2.05) is 30.3 Å². The van der Waals surface area contributed by atoms with Crippen molar-refractivity contribution < 1.29 is 83.0 Å². The maximum atomic E-state index is 10.9. The second kappa shape index (κ2) is 34.6. The summed E-state index contributed by atoms with van der Waals surface area (Å²) in [5.41, 5.74) is 9.70. The first-order chi connectivity index (χ1) is 44.3. The zero-order valence-electron chi connectivity index (χ0n) is 50.2. The Balaban J connectivity index is 0.000000138. The van der Waals surface area contributed by atoms with Crippen molar-refractivity contribution in [1.29, 1.82) is 0 Å². The quantitative estimate of drug-likeness (QED) is 0.0876. The van der Waals surface area contributed by atoms with Crippen LogP contribution in [0.1, 0.15) is 137 Å². The molecular weight excluding hydrogens is 1580 g/mol. The molecule has 0 aromatic heterocycles. The predicted octanol–water partition coefficient (Wildman–Crippen LogP) is 17.1. The third-order valence-electron chi connectivity index (χ3n) is 15.5. The Hall–Kier alpha value is -6.50. The molecule has 1 aliphatic carbocycles. The number of rotatable bonds is 5. The largest absolute Gasteiger partial charge is 0.508 e. The Labute approximate surface area is 583 Å². The highest BCUT2D eigenvalue weighted by atomic mass is 79.9. The standard InChI is InChI=1S/C11H11BrO2.2C10H9BrO3.C10H11BrO2.C10H10O3.2C9H9BrO2/c12-10-5-11(14)8-4-2-1-3-7(8)9(10)6-13;11-6-4-8(10(12)13)7-2-1-3-14-9(7)5-6;11-8-4-9(13)10-6(7(8)5-12)2-1-3-14-10;1-12-9-6-8(11)5-7-3-2-4-13-10(7)9;11-10(12)8-3-1-5-9-7(8)4-2-6-13-9;10-6-4-8(11)7-2-1-3-12-9(7)5-6;10-7-4-6-2-1-3-12-9(6)8(11)5-7/h5-6,14H,1-4H2;4-5H,1-3H2,(H,12,13);4-5,13H,1-3H2;5-6H,2-4H2,1H3;1,3,5H,2,4,6H2,(H,11,12);2*4-5,11H,1-3H2. The zero-order chi connectivity index (χ0) is 66.0. The molecule has 6 heterocycles. The Bertz CT molecular complexity index is 3660. The van der Waals surface area contributed by atoms with E-state index in [1.54, 1.807) is 43.5 Å². The minimum Gasteiger partial charge on any atom is -0.508 e. The number of carboxylic acids is 2. The fraction of sp³-hybridized carbons (Fsp3) is 0.333. The summed E-state index contributed by atoms with van der Waals surface area (Å²) in [6, 6.07) is 23.0. The molecule has 17 nitrogen and oxygen atoms in total. The molecule has 23 heteroatoms. The summed E-state index contributed by atoms with van der Waals surface area (Å²) in [5, 5.41) is 56.2. The highest BCUT2D eigenvalue weighted by molar-refractivity contribution is 9.11. The third kappa shape index (κ3) is 18.7. The number of fused-ring (bicyclic) bond motifs is 7. The van der Waals surface area contributed by atoms with Crippen molar-refractivity contribution in [3.8, 4) is 63.2 Å². The number of aromatic carboxylic acids is 2. The lowest BCUT2D eigenvalue weighted by atomic mass is 9.88. The molecule has 6 aliphatic heterocycles. The van der Waals surface area contributed by atoms with Gasteiger partial charge in [-0.25, -0.2) is 9.59 Å². The van der Waals surface area contributed by atoms with E-state index in [-0.39, 0.29) is 11.5 Å². The number of phenols is 4. The number of aldehydes is 2. The first kappa shape index (κ1) is 71.4. The van der Waals surface area contributed by atoms with Crippen LogP contribution >= 0.6 is 95.6 Å². The first-order valence-corrected chi connectivity index (χ1v) is 34.6. The normalized spacial score (nSPS) is 14.7. The van der Waals surface area contributed by atoms with Crippen LogP contribution in [0.2, 0.25) is 0 Å². The van der Waals surface area contributed by atoms with Gasteiger partial charge in [-0.2, -0.15) is 0 Å². The predicted molar refractivity (Wildman–Crippen MR) is 369 cm³/mol. The SMILES string of the molecule is COc1cc(Br)cc2c1OCCC2.O=C(O)c1cc(Br)cc2c1CCCO2.O=C(O)c1cccc2c1CCCO2.O=Cc1c(Br)cc(O)c2c1CCCC2.O=Cc1c(Br)cc(O)c2c1CCCO2.Oc1cc(Br)cc2c1CCCO2.Oc1cc(Br)cc2c1OCCC2. The molecule has 6 N–H and O–H groups in total. The van der Waals surface area contributed by atoms with Crippen LogP contribution in [0.25, 0.3) is 0 Å². The lowest BCUT2D eigenvalue weighted by Gasteiger charge is -2.20. The van der Waals surface area contributed by atoms with Gasteiger partial charge in [0.1, 0.15) is 28.7 Å². The molecule has 7 aromatic rings. The van der Waals surface area contributed by atoms with Crippen molar-refractivity contribution in [3.05, 3.63) is 172 Å². The van der Waals surface area contributed by atoms with Gasteiger partial charge in [-0.3, -0.25) is 9.59 Å². The number of hydrogen-bond donors (Lipinski definition) is 6. The van der Waals surface area contributed by atoms with Crippen LogP contribution in [0.15, 0.2) is 106 Å². The van der Waals surface area contributed by atoms with Gasteiger partial charge in [0.2, 0.25) is 0 Å². The molecule has 0 spiro atoms. The van der Waals surface area contributed by atoms with Gasteiger partial charge in [0.25, 0.3) is 0 Å². The van der Waals surface area contributed by atoms with Crippen molar-refractivity contribution in [2.75, 3.05) is 46.8 Å². The number of carboxylic acid groups (broad SMARTS) is 2. The minimum absolute atomic E-state index is 0.0946. The molecular formula is C69H68Br6O17. The van der Waals surface area contributed by atoms with Crippen molar-refractivity contribution in [3.63, 3.8) is 0 Å². The van der Waals surface area contributed by atoms with Crippen LogP contribution in [-0.4, -0.2) is 102 Å². The van der Waals surface area contributed by atoms with E-state index < -0.39 is 11.9 Å². The lowest BCUT2D eigenvalue weighted by molar-refractivity contribution is 0.0683. The fourth-order valence-corrected chi connectivity index (χ4v) is 14.2. The van der Waals surface area contributed by atoms with Gasteiger partial charge in [0.15, 0.2) is 47.1 Å². The van der Waals surface area contributed by atoms with Crippen molar-refractivity contribution in [1.82, 2.24) is 0 Å². The van der Waals surface area contributed by atoms with E-state index in [4.69, 9.17) is 43.4 Å². The van der Waals surface area contributed by atoms with E-state index in [0.717, 1.165) is 208 Å². The number of phenolic OH excluding ortho intramolecular Hbond substituents is 4. The number of methoxy groups -OCH3 is 1. The average Bonchev–Trinajstić information content (AvgIpc) is 0.973. The zero-order valence-corrected chi connectivity index (χ0v) is 59.7. The molecule has 488 valence electrons. The fourth-order valence-electron chi connectivity index (χ4n) is 11.3. The molecule has 0 saturated carbocycles. The molecule has 0 bridgehead atoms. The molecule has 7 aliphatic rings. The molecule has 0 atom stereocenters. The number of hydrogen-bond acceptors (Lipinski definition) is 15. The summed E-state index contributed by atoms with van der Waals surface area (Å²) in [7, 11) is 1.67. The highest BCUT2D eigenvalue weighted by Crippen LogP contribution is 2.42. The van der Waals surface area contributed by atoms with E-state index in [1.165, 1.54) is 11.6 Å². The Kier molecular flexibility index (Phi) is 26.8. The number of carbonyl (C=O) groups is 4. The summed E-state index contributed by atoms with van der Waals surface area (Å²) in [4.78, 5) is 43.5. The first-order valence-electron chi connectivity index (χ1n) is 29.8. The van der Waals surface area contributed by atoms with Crippen LogP contribution in [0, 0.1) is 0 Å². The van der Waals surface area contributed by atoms with Gasteiger partial charge in [0.05, 0.1) is 57.9 Å². The van der Waals surface area contributed by atoms with Crippen molar-refractivity contribution in [2.45, 2.75) is 103 Å². The van der Waals surface area contributed by atoms with Gasteiger partial charge in [-0.1, -0.05) is 69.8 Å². The molecule has 92 heavy (non-hydrogen) atoms. The second-order valence-electron chi connectivity index (χ2n) is 21.7. The molecule has 0 fully saturated rings. The number of halogens is 6. The van der Waals surface area contributed by atoms with Crippen LogP contribution < -0.4 is 33.2 Å². The summed E-state index contributed by atoms with van der Waals surface area (Å²) in [6.45, 7) is 4.22. The maximum absolute atomic E-state index is 10.9. The molecule has 0 saturated heterocycles. The topological polar surface area (TPSA) is 254 Å².